The molecule has 150 valence electrons. The number of hydrogen-bond acceptors (Lipinski definition) is 5. The molecule has 1 unspecified atom stereocenters. The fourth-order valence-electron chi connectivity index (χ4n) is 3.06. The van der Waals surface area contributed by atoms with Gasteiger partial charge in [-0.25, -0.2) is 8.42 Å². The Balaban J connectivity index is 1.67. The summed E-state index contributed by atoms with van der Waals surface area (Å²) in [6.45, 7) is 3.02. The van der Waals surface area contributed by atoms with E-state index < -0.39 is 9.84 Å². The Labute approximate surface area is 170 Å². The van der Waals surface area contributed by atoms with E-state index in [2.05, 4.69) is 10.6 Å². The highest BCUT2D eigenvalue weighted by Gasteiger charge is 2.23. The van der Waals surface area contributed by atoms with E-state index >= 15 is 0 Å². The minimum Gasteiger partial charge on any atom is -0.376 e. The van der Waals surface area contributed by atoms with E-state index in [-0.39, 0.29) is 33.4 Å². The van der Waals surface area contributed by atoms with E-state index in [4.69, 9.17) is 16.3 Å². The summed E-state index contributed by atoms with van der Waals surface area (Å²) in [4.78, 5) is 12.3. The molecule has 1 fully saturated rings. The Morgan fingerprint density at radius 2 is 1.96 bits per heavy atom. The van der Waals surface area contributed by atoms with Crippen LogP contribution in [0.25, 0.3) is 0 Å². The summed E-state index contributed by atoms with van der Waals surface area (Å²) in [5, 5.41) is 5.99. The van der Waals surface area contributed by atoms with Gasteiger partial charge in [-0.2, -0.15) is 0 Å². The molecular weight excluding hydrogens is 400 g/mol. The number of anilines is 1. The van der Waals surface area contributed by atoms with Gasteiger partial charge in [-0.3, -0.25) is 4.79 Å². The van der Waals surface area contributed by atoms with Gasteiger partial charge < -0.3 is 15.4 Å². The molecule has 1 atom stereocenters. The molecule has 0 bridgehead atoms. The Morgan fingerprint density at radius 1 is 1.21 bits per heavy atom. The highest BCUT2D eigenvalue weighted by molar-refractivity contribution is 7.91. The Kier molecular flexibility index (Phi) is 6.59. The first-order valence-electron chi connectivity index (χ1n) is 9.11. The van der Waals surface area contributed by atoms with Gasteiger partial charge in [0.05, 0.1) is 27.5 Å². The Hall–Kier alpha value is -2.09. The van der Waals surface area contributed by atoms with Crippen molar-refractivity contribution in [2.75, 3.05) is 25.0 Å². The molecule has 1 amide bonds. The van der Waals surface area contributed by atoms with Crippen LogP contribution in [0.2, 0.25) is 5.02 Å². The largest absolute Gasteiger partial charge is 0.376 e. The maximum Gasteiger partial charge on any atom is 0.239 e. The highest BCUT2D eigenvalue weighted by atomic mass is 35.5. The molecule has 1 aliphatic rings. The lowest BCUT2D eigenvalue weighted by molar-refractivity contribution is -0.119. The van der Waals surface area contributed by atoms with Gasteiger partial charge in [0.2, 0.25) is 15.7 Å². The second kappa shape index (κ2) is 8.94. The van der Waals surface area contributed by atoms with E-state index in [9.17, 15) is 13.2 Å². The van der Waals surface area contributed by atoms with Gasteiger partial charge >= 0.3 is 0 Å². The number of sulfone groups is 1. The maximum atomic E-state index is 12.8. The topological polar surface area (TPSA) is 84.5 Å². The van der Waals surface area contributed by atoms with Gasteiger partial charge in [-0.1, -0.05) is 29.8 Å². The van der Waals surface area contributed by atoms with E-state index in [0.29, 0.717) is 17.8 Å². The summed E-state index contributed by atoms with van der Waals surface area (Å²) >= 11 is 6.36. The van der Waals surface area contributed by atoms with Crippen LogP contribution in [0, 0.1) is 6.92 Å². The summed E-state index contributed by atoms with van der Waals surface area (Å²) < 4.78 is 31.1. The predicted octanol–water partition coefficient (Wildman–Crippen LogP) is 3.19. The molecule has 0 aromatic heterocycles. The van der Waals surface area contributed by atoms with Crippen LogP contribution in [0.1, 0.15) is 18.4 Å². The molecule has 2 aromatic carbocycles. The predicted molar refractivity (Wildman–Crippen MR) is 109 cm³/mol. The van der Waals surface area contributed by atoms with Crippen molar-refractivity contribution in [2.45, 2.75) is 35.7 Å². The van der Waals surface area contributed by atoms with Crippen LogP contribution < -0.4 is 10.6 Å². The second-order valence-corrected chi connectivity index (χ2v) is 8.96. The molecule has 0 spiro atoms. The van der Waals surface area contributed by atoms with Crippen molar-refractivity contribution in [3.63, 3.8) is 0 Å². The average molecular weight is 423 g/mol. The molecule has 0 radical (unpaired) electrons. The molecule has 0 saturated carbocycles. The standard InChI is InChI=1S/C20H23ClN2O4S/c1-14-17(22-13-19(24)23-12-15-6-5-11-27-15)9-10-18(20(14)21)28(25,26)16-7-3-2-4-8-16/h2-4,7-10,15,22H,5-6,11-13H2,1H3,(H,23,24). The van der Waals surface area contributed by atoms with Gasteiger partial charge in [0.15, 0.2) is 0 Å². The van der Waals surface area contributed by atoms with Crippen LogP contribution in [0.5, 0.6) is 0 Å². The minimum atomic E-state index is -3.71. The molecule has 6 nitrogen and oxygen atoms in total. The molecule has 1 aliphatic heterocycles. The lowest BCUT2D eigenvalue weighted by Gasteiger charge is -2.15. The van der Waals surface area contributed by atoms with E-state index in [0.717, 1.165) is 19.4 Å². The minimum absolute atomic E-state index is 0.0475. The molecule has 28 heavy (non-hydrogen) atoms. The fraction of sp³-hybridized carbons (Fsp3) is 0.350. The van der Waals surface area contributed by atoms with Crippen LogP contribution in [-0.4, -0.2) is 40.1 Å². The quantitative estimate of drug-likeness (QED) is 0.715. The Bertz CT molecular complexity index is 942. The third kappa shape index (κ3) is 4.66. The zero-order chi connectivity index (χ0) is 20.1. The van der Waals surface area contributed by atoms with Crippen molar-refractivity contribution >= 4 is 33.0 Å². The molecule has 2 aromatic rings. The maximum absolute atomic E-state index is 12.8. The average Bonchev–Trinajstić information content (AvgIpc) is 3.21. The molecular formula is C20H23ClN2O4S. The smallest absolute Gasteiger partial charge is 0.239 e. The van der Waals surface area contributed by atoms with E-state index in [1.165, 1.54) is 18.2 Å². The van der Waals surface area contributed by atoms with Crippen LogP contribution >= 0.6 is 11.6 Å². The normalized spacial score (nSPS) is 16.7. The van der Waals surface area contributed by atoms with Crippen LogP contribution in [-0.2, 0) is 19.4 Å². The van der Waals surface area contributed by atoms with Gasteiger partial charge in [-0.05, 0) is 49.6 Å². The summed E-state index contributed by atoms with van der Waals surface area (Å²) in [6, 6.07) is 11.2. The van der Waals surface area contributed by atoms with Gasteiger partial charge in [0.1, 0.15) is 0 Å². The number of carbonyl (C=O) groups excluding carboxylic acids is 1. The molecule has 3 rings (SSSR count). The van der Waals surface area contributed by atoms with Crippen molar-refractivity contribution < 1.29 is 17.9 Å². The zero-order valence-electron chi connectivity index (χ0n) is 15.6. The number of nitrogens with one attached hydrogen (secondary N) is 2. The van der Waals surface area contributed by atoms with Gasteiger partial charge in [0.25, 0.3) is 0 Å². The van der Waals surface area contributed by atoms with Crippen LogP contribution in [0.3, 0.4) is 0 Å². The van der Waals surface area contributed by atoms with Crippen molar-refractivity contribution in [3.05, 3.63) is 53.1 Å². The molecule has 1 saturated heterocycles. The molecule has 1 heterocycles. The highest BCUT2D eigenvalue weighted by Crippen LogP contribution is 2.33. The van der Waals surface area contributed by atoms with Crippen LogP contribution in [0.15, 0.2) is 52.3 Å². The van der Waals surface area contributed by atoms with Gasteiger partial charge in [0, 0.05) is 18.8 Å². The number of rotatable bonds is 7. The molecule has 0 aliphatic carbocycles. The van der Waals surface area contributed by atoms with Crippen LogP contribution in [0.4, 0.5) is 5.69 Å². The molecule has 8 heteroatoms. The van der Waals surface area contributed by atoms with Gasteiger partial charge in [-0.15, -0.1) is 0 Å². The van der Waals surface area contributed by atoms with Crippen molar-refractivity contribution in [1.29, 1.82) is 0 Å². The molecule has 2 N–H and O–H groups in total. The number of hydrogen-bond donors (Lipinski definition) is 2. The lowest BCUT2D eigenvalue weighted by Crippen LogP contribution is -2.35. The summed E-state index contributed by atoms with van der Waals surface area (Å²) in [6.07, 6.45) is 2.07. The van der Waals surface area contributed by atoms with Crippen molar-refractivity contribution in [2.24, 2.45) is 0 Å². The monoisotopic (exact) mass is 422 g/mol. The third-order valence-corrected chi connectivity index (χ3v) is 7.10. The SMILES string of the molecule is Cc1c(NCC(=O)NCC2CCCO2)ccc(S(=O)(=O)c2ccccc2)c1Cl. The summed E-state index contributed by atoms with van der Waals surface area (Å²) in [7, 11) is -3.71. The lowest BCUT2D eigenvalue weighted by atomic mass is 10.2. The first kappa shape index (κ1) is 20.6. The second-order valence-electron chi connectivity index (χ2n) is 6.66. The van der Waals surface area contributed by atoms with E-state index in [1.54, 1.807) is 31.2 Å². The van der Waals surface area contributed by atoms with Crippen molar-refractivity contribution in [3.8, 4) is 0 Å². The van der Waals surface area contributed by atoms with Crippen molar-refractivity contribution in [1.82, 2.24) is 5.32 Å². The number of ether oxygens (including phenoxy) is 1. The number of amides is 1. The number of halogens is 1. The third-order valence-electron chi connectivity index (χ3n) is 4.68. The summed E-state index contributed by atoms with van der Waals surface area (Å²) in [5.41, 5.74) is 1.19. The Morgan fingerprint density at radius 3 is 2.64 bits per heavy atom. The van der Waals surface area contributed by atoms with E-state index in [1.807, 2.05) is 0 Å². The first-order chi connectivity index (χ1) is 13.4. The first-order valence-corrected chi connectivity index (χ1v) is 11.0. The zero-order valence-corrected chi connectivity index (χ0v) is 17.1. The number of carbonyl (C=O) groups is 1. The fourth-order valence-corrected chi connectivity index (χ4v) is 4.93. The summed E-state index contributed by atoms with van der Waals surface area (Å²) in [5.74, 6) is -0.160. The number of benzene rings is 2.